The molecular weight excluding hydrogens is 1070 g/mol. The summed E-state index contributed by atoms with van der Waals surface area (Å²) in [5, 5.41) is 41.0. The van der Waals surface area contributed by atoms with E-state index in [4.69, 9.17) is 18.6 Å². The lowest BCUT2D eigenvalue weighted by Crippen LogP contribution is -2.43. The number of ether oxygens (including phenoxy) is 3. The van der Waals surface area contributed by atoms with Gasteiger partial charge in [0.2, 0.25) is 11.8 Å². The number of alkyl halides is 2. The fourth-order valence-electron chi connectivity index (χ4n) is 10.0. The second kappa shape index (κ2) is 24.7. The van der Waals surface area contributed by atoms with Crippen LogP contribution >= 0.6 is 0 Å². The lowest BCUT2D eigenvalue weighted by Gasteiger charge is -2.20. The summed E-state index contributed by atoms with van der Waals surface area (Å²) in [7, 11) is 0. The molecule has 20 heteroatoms. The van der Waals surface area contributed by atoms with Crippen LogP contribution in [0.25, 0.3) is 66.2 Å². The van der Waals surface area contributed by atoms with E-state index in [2.05, 4.69) is 27.0 Å². The Hall–Kier alpha value is -10.1. The van der Waals surface area contributed by atoms with Crippen LogP contribution in [0, 0.1) is 11.3 Å². The van der Waals surface area contributed by atoms with Crippen molar-refractivity contribution in [3.63, 3.8) is 0 Å². The highest BCUT2D eigenvalue weighted by Crippen LogP contribution is 2.42. The monoisotopic (exact) mass is 1120 g/mol. The number of fused-ring (bicyclic) bond motifs is 4. The normalized spacial score (nSPS) is 14.1. The fourth-order valence-corrected chi connectivity index (χ4v) is 10.0. The summed E-state index contributed by atoms with van der Waals surface area (Å²) < 4.78 is 51.4. The number of benzene rings is 7. The number of halogens is 2. The van der Waals surface area contributed by atoms with Crippen LogP contribution in [0.1, 0.15) is 43.1 Å². The number of phenolic OH excluding ortho intramolecular Hbond substituents is 1. The molecule has 1 aromatic heterocycles. The van der Waals surface area contributed by atoms with Crippen molar-refractivity contribution < 1.29 is 61.6 Å². The smallest absolute Gasteiger partial charge is 0.336 e. The number of carboxylic acid groups (broad SMARTS) is 1. The number of carbonyl (C=O) groups excluding carboxylic acids is 4. The SMILES string of the molecule is N#C[C@@H]1CC(F)(F)CN1C(=O)CNC(=O)c1ccnc2ccc(-c3ccc(OC[C@H](Cc4ccc5ccccc5c4)NC(=O)COCCOCCNC(=O)c4ccc(C(=O)O)c(-c5c6ccc(=O)cc-6oc6cc(O)ccc56)c4)cc3)cc12. The van der Waals surface area contributed by atoms with Crippen molar-refractivity contribution in [2.75, 3.05) is 52.7 Å². The van der Waals surface area contributed by atoms with Crippen molar-refractivity contribution >= 4 is 62.2 Å². The van der Waals surface area contributed by atoms with E-state index in [1.54, 1.807) is 36.4 Å². The summed E-state index contributed by atoms with van der Waals surface area (Å²) >= 11 is 0. The lowest BCUT2D eigenvalue weighted by atomic mass is 9.89. The Morgan fingerprint density at radius 2 is 1.58 bits per heavy atom. The number of nitrogens with one attached hydrogen (secondary N) is 3. The molecule has 5 N–H and O–H groups in total. The fraction of sp³-hybridized carbons (Fsp3) is 0.206. The van der Waals surface area contributed by atoms with Gasteiger partial charge in [-0.05, 0) is 112 Å². The molecule has 10 rings (SSSR count). The van der Waals surface area contributed by atoms with Gasteiger partial charge >= 0.3 is 5.97 Å². The van der Waals surface area contributed by atoms with Crippen LogP contribution in [0.15, 0.2) is 161 Å². The number of nitrogens with zero attached hydrogens (tertiary/aromatic N) is 3. The van der Waals surface area contributed by atoms with E-state index in [0.29, 0.717) is 39.6 Å². The molecule has 4 amide bonds. The van der Waals surface area contributed by atoms with Crippen molar-refractivity contribution in [1.29, 1.82) is 5.26 Å². The third-order valence-corrected chi connectivity index (χ3v) is 14.0. The van der Waals surface area contributed by atoms with E-state index in [-0.39, 0.29) is 90.3 Å². The molecule has 2 atom stereocenters. The molecule has 0 unspecified atom stereocenters. The molecule has 0 bridgehead atoms. The number of carbonyl (C=O) groups is 5. The first-order valence-electron chi connectivity index (χ1n) is 26.3. The largest absolute Gasteiger partial charge is 0.508 e. The molecule has 0 saturated carbocycles. The maximum atomic E-state index is 14.0. The Balaban J connectivity index is 0.720. The molecular formula is C63H52F2N6O12. The average molecular weight is 1120 g/mol. The standard InChI is InChI=1S/C63H52F2N6O12/c64-63(65)31-44(32-66)71(36-63)58(75)33-69-61(77)48-19-20-67-54-18-10-41(27-52(48)54)39-7-13-47(14-8-39)82-34-43(26-37-5-6-38-3-1-2-4-40(38)25-37)70-57(74)35-81-24-23-80-22-21-68-60(76)42-9-15-49(62(78)79)53(28-42)59-50-16-11-45(72)29-55(50)83-56-30-46(73)12-17-51(56)59/h1-20,25,27-30,43-44,72H,21-24,26,31,33-36H2,(H,68,76)(H,69,77)(H,70,74)(H,78,79)/t43-,44-/m0/s1. The number of phenols is 1. The number of nitriles is 1. The molecule has 3 heterocycles. The summed E-state index contributed by atoms with van der Waals surface area (Å²) in [4.78, 5) is 82.8. The van der Waals surface area contributed by atoms with Crippen LogP contribution in [-0.4, -0.2) is 120 Å². The zero-order valence-corrected chi connectivity index (χ0v) is 44.2. The summed E-state index contributed by atoms with van der Waals surface area (Å²) in [5.74, 6) is -6.14. The molecule has 18 nitrogen and oxygen atoms in total. The molecule has 7 aromatic rings. The highest BCUT2D eigenvalue weighted by atomic mass is 19.3. The van der Waals surface area contributed by atoms with Crippen LogP contribution in [-0.2, 0) is 25.5 Å². The van der Waals surface area contributed by atoms with Crippen molar-refractivity contribution in [3.8, 4) is 51.1 Å². The lowest BCUT2D eigenvalue weighted by molar-refractivity contribution is -0.131. The number of aromatic nitrogens is 1. The highest BCUT2D eigenvalue weighted by Gasteiger charge is 2.47. The Morgan fingerprint density at radius 1 is 0.783 bits per heavy atom. The van der Waals surface area contributed by atoms with Gasteiger partial charge in [-0.15, -0.1) is 0 Å². The third kappa shape index (κ3) is 13.2. The molecule has 3 aliphatic rings. The van der Waals surface area contributed by atoms with Gasteiger partial charge < -0.3 is 49.7 Å². The minimum Gasteiger partial charge on any atom is -0.508 e. The molecule has 1 saturated heterocycles. The summed E-state index contributed by atoms with van der Waals surface area (Å²) in [6.45, 7) is -1.29. The molecule has 1 fully saturated rings. The zero-order chi connectivity index (χ0) is 58.2. The summed E-state index contributed by atoms with van der Waals surface area (Å²) in [5.41, 5.74) is 4.17. The number of amides is 4. The van der Waals surface area contributed by atoms with Gasteiger partial charge in [-0.3, -0.25) is 29.0 Å². The molecule has 2 aliphatic heterocycles. The number of aromatic hydroxyl groups is 1. The van der Waals surface area contributed by atoms with Crippen LogP contribution in [0.4, 0.5) is 8.78 Å². The van der Waals surface area contributed by atoms with Gasteiger partial charge in [-0.25, -0.2) is 13.6 Å². The van der Waals surface area contributed by atoms with E-state index in [0.717, 1.165) is 32.4 Å². The maximum Gasteiger partial charge on any atom is 0.336 e. The Morgan fingerprint density at radius 3 is 2.39 bits per heavy atom. The molecule has 0 spiro atoms. The Kier molecular flexibility index (Phi) is 16.7. The second-order valence-electron chi connectivity index (χ2n) is 19.8. The van der Waals surface area contributed by atoms with Crippen LogP contribution < -0.4 is 26.1 Å². The first kappa shape index (κ1) is 56.2. The van der Waals surface area contributed by atoms with Gasteiger partial charge in [0.15, 0.2) is 5.43 Å². The van der Waals surface area contributed by atoms with Gasteiger partial charge in [0, 0.05) is 58.8 Å². The van der Waals surface area contributed by atoms with E-state index in [1.165, 1.54) is 60.8 Å². The van der Waals surface area contributed by atoms with Crippen molar-refractivity contribution in [1.82, 2.24) is 25.8 Å². The summed E-state index contributed by atoms with van der Waals surface area (Å²) in [6, 6.07) is 40.8. The van der Waals surface area contributed by atoms with Gasteiger partial charge in [-0.2, -0.15) is 5.26 Å². The Labute approximate surface area is 472 Å². The third-order valence-electron chi connectivity index (χ3n) is 14.0. The van der Waals surface area contributed by atoms with E-state index in [1.807, 2.05) is 54.6 Å². The minimum absolute atomic E-state index is 0.0643. The van der Waals surface area contributed by atoms with Crippen molar-refractivity contribution in [2.24, 2.45) is 0 Å². The predicted octanol–water partition coefficient (Wildman–Crippen LogP) is 8.40. The van der Waals surface area contributed by atoms with Gasteiger partial charge in [0.05, 0.1) is 61.7 Å². The molecule has 0 radical (unpaired) electrons. The number of pyridine rings is 1. The molecule has 1 aliphatic carbocycles. The van der Waals surface area contributed by atoms with Gasteiger partial charge in [0.1, 0.15) is 42.1 Å². The Bertz CT molecular complexity index is 4030. The van der Waals surface area contributed by atoms with Gasteiger partial charge in [-0.1, -0.05) is 60.7 Å². The van der Waals surface area contributed by atoms with E-state index in [9.17, 15) is 53.0 Å². The zero-order valence-electron chi connectivity index (χ0n) is 44.2. The quantitative estimate of drug-likeness (QED) is 0.0334. The van der Waals surface area contributed by atoms with E-state index < -0.39 is 61.2 Å². The number of hydrogen-bond donors (Lipinski definition) is 5. The molecule has 83 heavy (non-hydrogen) atoms. The number of aromatic carboxylic acids is 1. The van der Waals surface area contributed by atoms with Crippen LogP contribution in [0.5, 0.6) is 11.5 Å². The first-order valence-corrected chi connectivity index (χ1v) is 26.3. The first-order chi connectivity index (χ1) is 40.1. The number of rotatable bonds is 21. The van der Waals surface area contributed by atoms with Crippen LogP contribution in [0.2, 0.25) is 0 Å². The summed E-state index contributed by atoms with van der Waals surface area (Å²) in [6.07, 6.45) is 1.13. The number of carboxylic acids is 1. The minimum atomic E-state index is -3.19. The second-order valence-corrected chi connectivity index (χ2v) is 19.8. The predicted molar refractivity (Wildman–Crippen MR) is 302 cm³/mol. The van der Waals surface area contributed by atoms with Crippen molar-refractivity contribution in [3.05, 3.63) is 184 Å². The number of likely N-dealkylation sites (tertiary alicyclic amines) is 1. The van der Waals surface area contributed by atoms with E-state index >= 15 is 0 Å². The average Bonchev–Trinajstić information content (AvgIpc) is 3.58. The maximum absolute atomic E-state index is 14.0. The van der Waals surface area contributed by atoms with Crippen LogP contribution in [0.3, 0.4) is 0 Å². The molecule has 6 aromatic carbocycles. The van der Waals surface area contributed by atoms with Gasteiger partial charge in [0.25, 0.3) is 17.7 Å². The van der Waals surface area contributed by atoms with Crippen molar-refractivity contribution in [2.45, 2.75) is 30.8 Å². The topological polar surface area (TPSA) is 260 Å². The molecule has 420 valence electrons. The number of hydrogen-bond acceptors (Lipinski definition) is 13. The highest BCUT2D eigenvalue weighted by molar-refractivity contribution is 6.10.